The van der Waals surface area contributed by atoms with Crippen molar-refractivity contribution >= 4 is 23.5 Å². The normalized spacial score (nSPS) is 25.3. The Bertz CT molecular complexity index is 766. The SMILES string of the molecule is C=CCC(=O)N1CC2(CC2)C[C@H]1C(=O)N[C@@H](C[C@@H]1CCNC1=O)C(=O)COC(F)(F)F. The molecular formula is C20H26F3N3O5. The van der Waals surface area contributed by atoms with Crippen molar-refractivity contribution in [2.24, 2.45) is 11.3 Å². The molecule has 0 aromatic heterocycles. The molecule has 0 unspecified atom stereocenters. The van der Waals surface area contributed by atoms with Gasteiger partial charge in [-0.15, -0.1) is 19.8 Å². The molecule has 2 aliphatic heterocycles. The number of alkyl halides is 3. The van der Waals surface area contributed by atoms with E-state index in [0.29, 0.717) is 25.9 Å². The Labute approximate surface area is 177 Å². The van der Waals surface area contributed by atoms with Crippen LogP contribution in [0.1, 0.15) is 38.5 Å². The third kappa shape index (κ3) is 5.84. The zero-order valence-electron chi connectivity index (χ0n) is 17.0. The van der Waals surface area contributed by atoms with Gasteiger partial charge in [0.2, 0.25) is 17.7 Å². The van der Waals surface area contributed by atoms with Crippen LogP contribution >= 0.6 is 0 Å². The van der Waals surface area contributed by atoms with Gasteiger partial charge in [-0.05, 0) is 37.5 Å². The summed E-state index contributed by atoms with van der Waals surface area (Å²) in [5.74, 6) is -2.77. The van der Waals surface area contributed by atoms with E-state index in [4.69, 9.17) is 0 Å². The highest BCUT2D eigenvalue weighted by molar-refractivity contribution is 5.94. The van der Waals surface area contributed by atoms with Gasteiger partial charge in [-0.2, -0.15) is 0 Å². The predicted molar refractivity (Wildman–Crippen MR) is 101 cm³/mol. The van der Waals surface area contributed by atoms with Crippen molar-refractivity contribution in [1.82, 2.24) is 15.5 Å². The number of ketones is 1. The van der Waals surface area contributed by atoms with E-state index in [1.165, 1.54) is 11.0 Å². The summed E-state index contributed by atoms with van der Waals surface area (Å²) in [4.78, 5) is 51.2. The molecule has 1 aliphatic carbocycles. The number of carbonyl (C=O) groups excluding carboxylic acids is 4. The van der Waals surface area contributed by atoms with E-state index in [2.05, 4.69) is 21.9 Å². The van der Waals surface area contributed by atoms with Crippen LogP contribution in [0.2, 0.25) is 0 Å². The van der Waals surface area contributed by atoms with Crippen LogP contribution in [0.15, 0.2) is 12.7 Å². The van der Waals surface area contributed by atoms with E-state index in [9.17, 15) is 32.3 Å². The molecule has 2 heterocycles. The number of carbonyl (C=O) groups is 4. The first-order chi connectivity index (χ1) is 14.5. The van der Waals surface area contributed by atoms with E-state index >= 15 is 0 Å². The van der Waals surface area contributed by atoms with Crippen molar-refractivity contribution in [3.05, 3.63) is 12.7 Å². The highest BCUT2D eigenvalue weighted by Crippen LogP contribution is 2.54. The van der Waals surface area contributed by atoms with Gasteiger partial charge in [0.25, 0.3) is 0 Å². The third-order valence-electron chi connectivity index (χ3n) is 6.17. The average molecular weight is 445 g/mol. The Morgan fingerprint density at radius 3 is 2.61 bits per heavy atom. The van der Waals surface area contributed by atoms with E-state index in [0.717, 1.165) is 12.8 Å². The summed E-state index contributed by atoms with van der Waals surface area (Å²) in [6.45, 7) is 3.09. The van der Waals surface area contributed by atoms with E-state index in [1.54, 1.807) is 0 Å². The van der Waals surface area contributed by atoms with Gasteiger partial charge >= 0.3 is 6.36 Å². The summed E-state index contributed by atoms with van der Waals surface area (Å²) in [7, 11) is 0. The van der Waals surface area contributed by atoms with Gasteiger partial charge < -0.3 is 15.5 Å². The van der Waals surface area contributed by atoms with Crippen molar-refractivity contribution in [1.29, 1.82) is 0 Å². The molecule has 3 amide bonds. The number of Topliss-reactive ketones (excluding diaryl/α,β-unsaturated/α-hetero) is 1. The summed E-state index contributed by atoms with van der Waals surface area (Å²) in [6, 6.07) is -2.14. The number of ether oxygens (including phenoxy) is 1. The minimum absolute atomic E-state index is 0.0594. The van der Waals surface area contributed by atoms with Crippen LogP contribution in [0.3, 0.4) is 0 Å². The number of amides is 3. The Morgan fingerprint density at radius 2 is 2.06 bits per heavy atom. The lowest BCUT2D eigenvalue weighted by molar-refractivity contribution is -0.321. The fourth-order valence-electron chi connectivity index (χ4n) is 4.28. The number of nitrogens with one attached hydrogen (secondary N) is 2. The molecule has 172 valence electrons. The van der Waals surface area contributed by atoms with Gasteiger partial charge in [0.1, 0.15) is 12.6 Å². The van der Waals surface area contributed by atoms with E-state index in [1.807, 2.05) is 0 Å². The average Bonchev–Trinajstić information content (AvgIpc) is 3.14. The summed E-state index contributed by atoms with van der Waals surface area (Å²) >= 11 is 0. The smallest absolute Gasteiger partial charge is 0.356 e. The fraction of sp³-hybridized carbons (Fsp3) is 0.700. The zero-order chi connectivity index (χ0) is 22.8. The summed E-state index contributed by atoms with van der Waals surface area (Å²) in [6.07, 6.45) is -1.00. The Hall–Kier alpha value is -2.43. The molecule has 2 N–H and O–H groups in total. The topological polar surface area (TPSA) is 105 Å². The monoisotopic (exact) mass is 445 g/mol. The summed E-state index contributed by atoms with van der Waals surface area (Å²) in [5, 5.41) is 5.10. The van der Waals surface area contributed by atoms with Crippen LogP contribution < -0.4 is 10.6 Å². The minimum Gasteiger partial charge on any atom is -0.356 e. The highest BCUT2D eigenvalue weighted by Gasteiger charge is 2.55. The highest BCUT2D eigenvalue weighted by atomic mass is 19.4. The van der Waals surface area contributed by atoms with Crippen molar-refractivity contribution in [3.63, 3.8) is 0 Å². The van der Waals surface area contributed by atoms with Crippen molar-refractivity contribution in [2.45, 2.75) is 57.0 Å². The zero-order valence-corrected chi connectivity index (χ0v) is 17.0. The second-order valence-electron chi connectivity index (χ2n) is 8.51. The molecule has 0 radical (unpaired) electrons. The maximum atomic E-state index is 13.0. The van der Waals surface area contributed by atoms with Crippen molar-refractivity contribution in [2.75, 3.05) is 19.7 Å². The van der Waals surface area contributed by atoms with Gasteiger partial charge in [0, 0.05) is 25.4 Å². The first kappa shape index (κ1) is 23.2. The molecule has 3 atom stereocenters. The number of nitrogens with zero attached hydrogens (tertiary/aromatic N) is 1. The van der Waals surface area contributed by atoms with E-state index < -0.39 is 42.7 Å². The molecular weight excluding hydrogens is 419 g/mol. The molecule has 1 spiro atoms. The molecule has 1 saturated carbocycles. The Kier molecular flexibility index (Phi) is 6.73. The first-order valence-corrected chi connectivity index (χ1v) is 10.3. The first-order valence-electron chi connectivity index (χ1n) is 10.3. The van der Waals surface area contributed by atoms with Crippen LogP contribution in [0.25, 0.3) is 0 Å². The largest absolute Gasteiger partial charge is 0.522 e. The van der Waals surface area contributed by atoms with E-state index in [-0.39, 0.29) is 30.1 Å². The van der Waals surface area contributed by atoms with Gasteiger partial charge in [0.05, 0.1) is 6.04 Å². The van der Waals surface area contributed by atoms with Crippen LogP contribution in [-0.4, -0.2) is 66.5 Å². The van der Waals surface area contributed by atoms with Crippen molar-refractivity contribution < 1.29 is 37.1 Å². The van der Waals surface area contributed by atoms with Crippen LogP contribution in [-0.2, 0) is 23.9 Å². The lowest BCUT2D eigenvalue weighted by Crippen LogP contribution is -2.52. The number of likely N-dealkylation sites (tertiary alicyclic amines) is 1. The van der Waals surface area contributed by atoms with Crippen LogP contribution in [0, 0.1) is 11.3 Å². The standard InChI is InChI=1S/C20H26F3N3O5/c1-2-3-16(28)26-11-19(5-6-19)9-14(26)18(30)25-13(8-12-4-7-24-17(12)29)15(27)10-31-20(21,22)23/h2,12-14H,1,3-11H2,(H,24,29)(H,25,30)/t12-,13-,14-/m0/s1. The molecule has 3 fully saturated rings. The maximum absolute atomic E-state index is 13.0. The predicted octanol–water partition coefficient (Wildman–Crippen LogP) is 1.06. The second-order valence-corrected chi connectivity index (χ2v) is 8.51. The lowest BCUT2D eigenvalue weighted by atomic mass is 9.95. The van der Waals surface area contributed by atoms with Crippen LogP contribution in [0.4, 0.5) is 13.2 Å². The molecule has 3 rings (SSSR count). The van der Waals surface area contributed by atoms with Crippen LogP contribution in [0.5, 0.6) is 0 Å². The Balaban J connectivity index is 1.71. The Morgan fingerprint density at radius 1 is 1.35 bits per heavy atom. The minimum atomic E-state index is -4.99. The molecule has 8 nitrogen and oxygen atoms in total. The molecule has 0 aromatic carbocycles. The van der Waals surface area contributed by atoms with Gasteiger partial charge in [0.15, 0.2) is 5.78 Å². The molecule has 2 saturated heterocycles. The molecule has 3 aliphatic rings. The summed E-state index contributed by atoms with van der Waals surface area (Å²) < 4.78 is 40.8. The summed E-state index contributed by atoms with van der Waals surface area (Å²) in [5.41, 5.74) is -0.108. The van der Waals surface area contributed by atoms with Gasteiger partial charge in [-0.1, -0.05) is 6.08 Å². The number of hydrogen-bond acceptors (Lipinski definition) is 5. The quantitative estimate of drug-likeness (QED) is 0.517. The lowest BCUT2D eigenvalue weighted by Gasteiger charge is -2.26. The second kappa shape index (κ2) is 8.97. The molecule has 31 heavy (non-hydrogen) atoms. The molecule has 0 aromatic rings. The number of hydrogen-bond donors (Lipinski definition) is 2. The third-order valence-corrected chi connectivity index (χ3v) is 6.17. The molecule has 11 heteroatoms. The van der Waals surface area contributed by atoms with Crippen molar-refractivity contribution in [3.8, 4) is 0 Å². The number of halogens is 3. The molecule has 0 bridgehead atoms. The number of rotatable bonds is 9. The van der Waals surface area contributed by atoms with Gasteiger partial charge in [-0.3, -0.25) is 23.9 Å². The fourth-order valence-corrected chi connectivity index (χ4v) is 4.28. The van der Waals surface area contributed by atoms with Gasteiger partial charge in [-0.25, -0.2) is 0 Å². The maximum Gasteiger partial charge on any atom is 0.522 e.